The van der Waals surface area contributed by atoms with Gasteiger partial charge in [-0.05, 0) is 52.0 Å². The third kappa shape index (κ3) is 2.39. The van der Waals surface area contributed by atoms with Crippen LogP contribution >= 0.6 is 22.7 Å². The van der Waals surface area contributed by atoms with Crippen LogP contribution in [-0.2, 0) is 0 Å². The normalized spacial score (nSPS) is 11.0. The highest BCUT2D eigenvalue weighted by molar-refractivity contribution is 7.28. The summed E-state index contributed by atoms with van der Waals surface area (Å²) in [6.45, 7) is 8.16. The van der Waals surface area contributed by atoms with Gasteiger partial charge in [0.1, 0.15) is 0 Å². The van der Waals surface area contributed by atoms with E-state index < -0.39 is 0 Å². The van der Waals surface area contributed by atoms with Gasteiger partial charge in [0.15, 0.2) is 0 Å². The highest BCUT2D eigenvalue weighted by atomic mass is 32.1. The van der Waals surface area contributed by atoms with E-state index in [1.165, 1.54) is 51.5 Å². The fourth-order valence-corrected chi connectivity index (χ4v) is 6.38. The molecular weight excluding hydrogens is 376 g/mol. The van der Waals surface area contributed by atoms with Crippen LogP contribution < -0.4 is 0 Å². The minimum absolute atomic E-state index is 1.16. The average Bonchev–Trinajstić information content (AvgIpc) is 3.23. The van der Waals surface area contributed by atoms with E-state index in [-0.39, 0.29) is 0 Å². The Bertz CT molecular complexity index is 1430. The number of fused-ring (bicyclic) bond motifs is 6. The predicted molar refractivity (Wildman–Crippen MR) is 127 cm³/mol. The van der Waals surface area contributed by atoms with Crippen molar-refractivity contribution in [3.05, 3.63) is 58.7 Å². The van der Waals surface area contributed by atoms with Crippen LogP contribution in [0.3, 0.4) is 0 Å². The quantitative estimate of drug-likeness (QED) is 0.235. The average molecular weight is 395 g/mol. The summed E-state index contributed by atoms with van der Waals surface area (Å²) in [6.07, 6.45) is 0. The molecular formula is C26H18S2. The second-order valence-corrected chi connectivity index (χ2v) is 9.22. The van der Waals surface area contributed by atoms with Crippen molar-refractivity contribution in [1.29, 1.82) is 0 Å². The molecule has 0 nitrogen and oxygen atoms in total. The van der Waals surface area contributed by atoms with E-state index in [0.29, 0.717) is 0 Å². The molecule has 0 fully saturated rings. The van der Waals surface area contributed by atoms with Crippen LogP contribution in [0.1, 0.15) is 36.1 Å². The van der Waals surface area contributed by atoms with Crippen molar-refractivity contribution in [2.45, 2.75) is 27.7 Å². The van der Waals surface area contributed by atoms with Gasteiger partial charge in [-0.2, -0.15) is 0 Å². The van der Waals surface area contributed by atoms with Gasteiger partial charge >= 0.3 is 0 Å². The fourth-order valence-electron chi connectivity index (χ4n) is 3.99. The maximum atomic E-state index is 3.46. The van der Waals surface area contributed by atoms with Gasteiger partial charge in [-0.1, -0.05) is 35.1 Å². The second kappa shape index (κ2) is 6.39. The first kappa shape index (κ1) is 17.3. The lowest BCUT2D eigenvalue weighted by atomic mass is 9.97. The first-order chi connectivity index (χ1) is 13.6. The third-order valence-electron chi connectivity index (χ3n) is 5.14. The summed E-state index contributed by atoms with van der Waals surface area (Å²) in [5, 5.41) is 5.14. The topological polar surface area (TPSA) is 0 Å². The van der Waals surface area contributed by atoms with Crippen molar-refractivity contribution in [2.75, 3.05) is 0 Å². The first-order valence-electron chi connectivity index (χ1n) is 9.29. The molecule has 2 aromatic heterocycles. The highest BCUT2D eigenvalue weighted by Crippen LogP contribution is 2.47. The number of benzene rings is 3. The van der Waals surface area contributed by atoms with Crippen LogP contribution in [0.4, 0.5) is 0 Å². The third-order valence-corrected chi connectivity index (χ3v) is 7.52. The zero-order valence-corrected chi connectivity index (χ0v) is 17.9. The molecule has 0 saturated heterocycles. The first-order valence-corrected chi connectivity index (χ1v) is 10.9. The smallest absolute Gasteiger partial charge is 0.0531 e. The van der Waals surface area contributed by atoms with Crippen LogP contribution in [0.5, 0.6) is 0 Å². The molecule has 0 spiro atoms. The zero-order chi connectivity index (χ0) is 19.4. The summed E-state index contributed by atoms with van der Waals surface area (Å²) in [5.41, 5.74) is 4.87. The van der Waals surface area contributed by atoms with Gasteiger partial charge < -0.3 is 0 Å². The Morgan fingerprint density at radius 1 is 0.643 bits per heavy atom. The molecule has 0 saturated carbocycles. The molecule has 28 heavy (non-hydrogen) atoms. The van der Waals surface area contributed by atoms with Crippen molar-refractivity contribution in [3.63, 3.8) is 0 Å². The molecule has 5 rings (SSSR count). The van der Waals surface area contributed by atoms with Crippen molar-refractivity contribution < 1.29 is 0 Å². The summed E-state index contributed by atoms with van der Waals surface area (Å²) in [6, 6.07) is 13.4. The van der Waals surface area contributed by atoms with Crippen LogP contribution in [0.25, 0.3) is 40.3 Å². The van der Waals surface area contributed by atoms with Gasteiger partial charge in [-0.3, -0.25) is 0 Å². The standard InChI is InChI=1S/C26H18S2/c1-5-7-17-23-19-13-15(3)9-11-21(19)28-26(23)18(8-6-2)24-20-14-16(4)10-12-22(20)27-25(17)24/h9-14H,1-4H3. The monoisotopic (exact) mass is 394 g/mol. The summed E-state index contributed by atoms with van der Waals surface area (Å²) >= 11 is 3.68. The Labute approximate surface area is 172 Å². The Morgan fingerprint density at radius 3 is 1.46 bits per heavy atom. The summed E-state index contributed by atoms with van der Waals surface area (Å²) < 4.78 is 5.14. The van der Waals surface area contributed by atoms with Crippen molar-refractivity contribution >= 4 is 63.0 Å². The number of rotatable bonds is 0. The van der Waals surface area contributed by atoms with Crippen LogP contribution in [-0.4, -0.2) is 0 Å². The van der Waals surface area contributed by atoms with Crippen LogP contribution in [0, 0.1) is 37.5 Å². The lowest BCUT2D eigenvalue weighted by molar-refractivity contribution is 1.52. The number of aryl methyl sites for hydroxylation is 2. The Hall–Kier alpha value is -2.78. The molecule has 5 aromatic rings. The highest BCUT2D eigenvalue weighted by Gasteiger charge is 2.20. The zero-order valence-electron chi connectivity index (χ0n) is 16.3. The molecule has 0 atom stereocenters. The van der Waals surface area contributed by atoms with Crippen molar-refractivity contribution in [2.24, 2.45) is 0 Å². The number of thiophene rings is 2. The van der Waals surface area contributed by atoms with Gasteiger partial charge in [-0.15, -0.1) is 34.5 Å². The van der Waals surface area contributed by atoms with Gasteiger partial charge in [0.2, 0.25) is 0 Å². The molecule has 0 radical (unpaired) electrons. The predicted octanol–water partition coefficient (Wildman–Crippen LogP) is 7.78. The maximum absolute atomic E-state index is 3.46. The molecule has 0 amide bonds. The Morgan fingerprint density at radius 2 is 1.07 bits per heavy atom. The second-order valence-electron chi connectivity index (χ2n) is 7.11. The summed E-state index contributed by atoms with van der Waals surface area (Å²) in [4.78, 5) is 0. The minimum atomic E-state index is 1.16. The number of hydrogen-bond donors (Lipinski definition) is 0. The lowest BCUT2D eigenvalue weighted by Gasteiger charge is -2.05. The SMILES string of the molecule is CC#Cc1c2sc3ccc(C)cc3c2c(C#CC)c2sc3ccc(C)cc3c12. The molecule has 0 aliphatic heterocycles. The van der Waals surface area contributed by atoms with Crippen molar-refractivity contribution in [3.8, 4) is 23.7 Å². The maximum Gasteiger partial charge on any atom is 0.0531 e. The lowest BCUT2D eigenvalue weighted by Crippen LogP contribution is -1.85. The van der Waals surface area contributed by atoms with E-state index in [4.69, 9.17) is 0 Å². The molecule has 0 N–H and O–H groups in total. The number of hydrogen-bond acceptors (Lipinski definition) is 2. The van der Waals surface area contributed by atoms with Gasteiger partial charge in [0.25, 0.3) is 0 Å². The van der Waals surface area contributed by atoms with Crippen molar-refractivity contribution in [1.82, 2.24) is 0 Å². The van der Waals surface area contributed by atoms with E-state index in [9.17, 15) is 0 Å². The molecule has 0 unspecified atom stereocenters. The van der Waals surface area contributed by atoms with Gasteiger partial charge in [0, 0.05) is 30.9 Å². The molecule has 2 heteroatoms. The molecule has 2 heterocycles. The molecule has 0 aliphatic carbocycles. The molecule has 3 aromatic carbocycles. The van der Waals surface area contributed by atoms with Gasteiger partial charge in [-0.25, -0.2) is 0 Å². The van der Waals surface area contributed by atoms with Crippen LogP contribution in [0.15, 0.2) is 36.4 Å². The largest absolute Gasteiger partial charge is 0.134 e. The Balaban J connectivity index is 2.17. The summed E-state index contributed by atoms with van der Waals surface area (Å²) in [5.74, 6) is 13.2. The van der Waals surface area contributed by atoms with E-state index >= 15 is 0 Å². The fraction of sp³-hybridized carbons (Fsp3) is 0.154. The summed E-state index contributed by atoms with van der Waals surface area (Å²) in [7, 11) is 0. The van der Waals surface area contributed by atoms with Gasteiger partial charge in [0.05, 0.1) is 20.5 Å². The van der Waals surface area contributed by atoms with E-state index in [1.54, 1.807) is 0 Å². The minimum Gasteiger partial charge on any atom is -0.134 e. The molecule has 0 bridgehead atoms. The molecule has 0 aliphatic rings. The van der Waals surface area contributed by atoms with Crippen LogP contribution in [0.2, 0.25) is 0 Å². The van der Waals surface area contributed by atoms with E-state index in [1.807, 2.05) is 36.5 Å². The van der Waals surface area contributed by atoms with E-state index in [2.05, 4.69) is 73.9 Å². The molecule has 134 valence electrons. The Kier molecular flexibility index (Phi) is 3.95. The van der Waals surface area contributed by atoms with E-state index in [0.717, 1.165) is 11.1 Å².